The predicted octanol–water partition coefficient (Wildman–Crippen LogP) is 2.41. The fourth-order valence-corrected chi connectivity index (χ4v) is 3.49. The Labute approximate surface area is 115 Å². The van der Waals surface area contributed by atoms with E-state index in [2.05, 4.69) is 5.32 Å². The highest BCUT2D eigenvalue weighted by molar-refractivity contribution is 5.88. The standard InChI is InChI=1S/C15H25NO3/c1-2-19-15(18)14-12(10-13(17)16-14)11-8-6-4-3-5-7-9-11/h11-12,14H,2-10H2,1H3,(H,16,17). The van der Waals surface area contributed by atoms with Crippen molar-refractivity contribution in [1.29, 1.82) is 0 Å². The Kier molecular flexibility index (Phi) is 5.23. The number of hydrogen-bond donors (Lipinski definition) is 1. The molecular weight excluding hydrogens is 242 g/mol. The number of ether oxygens (including phenoxy) is 1. The lowest BCUT2D eigenvalue weighted by Crippen LogP contribution is -2.40. The molecule has 0 radical (unpaired) electrons. The first-order chi connectivity index (χ1) is 9.22. The summed E-state index contributed by atoms with van der Waals surface area (Å²) in [4.78, 5) is 23.6. The molecule has 2 aliphatic rings. The first kappa shape index (κ1) is 14.4. The highest BCUT2D eigenvalue weighted by Crippen LogP contribution is 2.35. The molecule has 1 amide bonds. The molecule has 1 aliphatic carbocycles. The molecule has 0 bridgehead atoms. The van der Waals surface area contributed by atoms with Crippen molar-refractivity contribution in [3.8, 4) is 0 Å². The molecule has 1 aliphatic heterocycles. The van der Waals surface area contributed by atoms with Gasteiger partial charge in [-0.1, -0.05) is 44.9 Å². The van der Waals surface area contributed by atoms with Crippen LogP contribution in [0.25, 0.3) is 0 Å². The van der Waals surface area contributed by atoms with Gasteiger partial charge in [0.15, 0.2) is 0 Å². The van der Waals surface area contributed by atoms with Crippen LogP contribution in [0.2, 0.25) is 0 Å². The lowest BCUT2D eigenvalue weighted by molar-refractivity contribution is -0.147. The van der Waals surface area contributed by atoms with Crippen molar-refractivity contribution in [2.24, 2.45) is 11.8 Å². The summed E-state index contributed by atoms with van der Waals surface area (Å²) in [5.74, 6) is 0.392. The number of esters is 1. The van der Waals surface area contributed by atoms with Crippen LogP contribution in [-0.2, 0) is 14.3 Å². The van der Waals surface area contributed by atoms with Crippen LogP contribution in [0.1, 0.15) is 58.3 Å². The monoisotopic (exact) mass is 267 g/mol. The second kappa shape index (κ2) is 6.92. The molecule has 1 N–H and O–H groups in total. The Hall–Kier alpha value is -1.06. The minimum Gasteiger partial charge on any atom is -0.464 e. The molecule has 0 aromatic heterocycles. The van der Waals surface area contributed by atoms with E-state index in [9.17, 15) is 9.59 Å². The van der Waals surface area contributed by atoms with E-state index >= 15 is 0 Å². The molecule has 2 fully saturated rings. The number of carbonyl (C=O) groups is 2. The van der Waals surface area contributed by atoms with E-state index in [1.165, 1.54) is 32.1 Å². The Morgan fingerprint density at radius 1 is 1.21 bits per heavy atom. The number of hydrogen-bond acceptors (Lipinski definition) is 3. The normalized spacial score (nSPS) is 29.4. The number of nitrogens with one attached hydrogen (secondary N) is 1. The summed E-state index contributed by atoms with van der Waals surface area (Å²) >= 11 is 0. The third-order valence-corrected chi connectivity index (χ3v) is 4.46. The van der Waals surface area contributed by atoms with Gasteiger partial charge in [0.25, 0.3) is 0 Å². The largest absolute Gasteiger partial charge is 0.464 e. The van der Waals surface area contributed by atoms with Gasteiger partial charge in [0.1, 0.15) is 6.04 Å². The zero-order chi connectivity index (χ0) is 13.7. The van der Waals surface area contributed by atoms with Crippen molar-refractivity contribution in [3.05, 3.63) is 0 Å². The quantitative estimate of drug-likeness (QED) is 0.799. The summed E-state index contributed by atoms with van der Waals surface area (Å²) in [7, 11) is 0. The molecule has 4 nitrogen and oxygen atoms in total. The summed E-state index contributed by atoms with van der Waals surface area (Å²) in [6, 6.07) is -0.406. The van der Waals surface area contributed by atoms with Gasteiger partial charge >= 0.3 is 5.97 Å². The van der Waals surface area contributed by atoms with Crippen molar-refractivity contribution >= 4 is 11.9 Å². The van der Waals surface area contributed by atoms with Crippen molar-refractivity contribution in [2.75, 3.05) is 6.61 Å². The van der Waals surface area contributed by atoms with Crippen LogP contribution < -0.4 is 5.32 Å². The van der Waals surface area contributed by atoms with Crippen LogP contribution in [0, 0.1) is 11.8 Å². The average molecular weight is 267 g/mol. The van der Waals surface area contributed by atoms with Gasteiger partial charge in [0, 0.05) is 12.3 Å². The summed E-state index contributed by atoms with van der Waals surface area (Å²) in [6.45, 7) is 2.18. The summed E-state index contributed by atoms with van der Waals surface area (Å²) in [5.41, 5.74) is 0. The molecule has 2 unspecified atom stereocenters. The first-order valence-electron chi connectivity index (χ1n) is 7.68. The predicted molar refractivity (Wildman–Crippen MR) is 72.5 cm³/mol. The number of carbonyl (C=O) groups excluding carboxylic acids is 2. The lowest BCUT2D eigenvalue weighted by atomic mass is 9.78. The van der Waals surface area contributed by atoms with Crippen LogP contribution in [0.5, 0.6) is 0 Å². The van der Waals surface area contributed by atoms with Crippen molar-refractivity contribution in [3.63, 3.8) is 0 Å². The van der Waals surface area contributed by atoms with Gasteiger partial charge in [-0.05, 0) is 12.8 Å². The maximum Gasteiger partial charge on any atom is 0.328 e. The summed E-state index contributed by atoms with van der Waals surface area (Å²) in [6.07, 6.45) is 9.15. The van der Waals surface area contributed by atoms with Crippen LogP contribution in [-0.4, -0.2) is 24.5 Å². The van der Waals surface area contributed by atoms with Crippen molar-refractivity contribution in [2.45, 2.75) is 64.3 Å². The molecule has 1 heterocycles. The molecule has 2 atom stereocenters. The molecule has 2 rings (SSSR count). The van der Waals surface area contributed by atoms with E-state index in [-0.39, 0.29) is 17.8 Å². The van der Waals surface area contributed by atoms with E-state index in [0.717, 1.165) is 12.8 Å². The van der Waals surface area contributed by atoms with E-state index in [4.69, 9.17) is 4.74 Å². The molecular formula is C15H25NO3. The van der Waals surface area contributed by atoms with Crippen LogP contribution in [0.3, 0.4) is 0 Å². The van der Waals surface area contributed by atoms with Gasteiger partial charge in [0.2, 0.25) is 5.91 Å². The lowest BCUT2D eigenvalue weighted by Gasteiger charge is -2.28. The fourth-order valence-electron chi connectivity index (χ4n) is 3.49. The smallest absolute Gasteiger partial charge is 0.328 e. The number of rotatable bonds is 3. The Morgan fingerprint density at radius 3 is 2.47 bits per heavy atom. The molecule has 4 heteroatoms. The minimum atomic E-state index is -0.406. The van der Waals surface area contributed by atoms with Gasteiger partial charge < -0.3 is 10.1 Å². The van der Waals surface area contributed by atoms with Crippen LogP contribution in [0.15, 0.2) is 0 Å². The molecule has 1 saturated heterocycles. The third kappa shape index (κ3) is 3.71. The van der Waals surface area contributed by atoms with E-state index in [0.29, 0.717) is 18.9 Å². The third-order valence-electron chi connectivity index (χ3n) is 4.46. The molecule has 108 valence electrons. The summed E-state index contributed by atoms with van der Waals surface area (Å²) < 4.78 is 5.10. The van der Waals surface area contributed by atoms with Gasteiger partial charge in [-0.3, -0.25) is 4.79 Å². The van der Waals surface area contributed by atoms with Crippen LogP contribution >= 0.6 is 0 Å². The Bertz CT molecular complexity index is 321. The second-order valence-corrected chi connectivity index (χ2v) is 5.77. The van der Waals surface area contributed by atoms with E-state index < -0.39 is 6.04 Å². The minimum absolute atomic E-state index is 0.00473. The fraction of sp³-hybridized carbons (Fsp3) is 0.867. The molecule has 19 heavy (non-hydrogen) atoms. The van der Waals surface area contributed by atoms with Crippen LogP contribution in [0.4, 0.5) is 0 Å². The SMILES string of the molecule is CCOC(=O)C1NC(=O)CC1C1CCCCCCC1. The zero-order valence-electron chi connectivity index (χ0n) is 11.8. The topological polar surface area (TPSA) is 55.4 Å². The first-order valence-corrected chi connectivity index (χ1v) is 7.68. The highest BCUT2D eigenvalue weighted by atomic mass is 16.5. The van der Waals surface area contributed by atoms with Crippen molar-refractivity contribution in [1.82, 2.24) is 5.32 Å². The second-order valence-electron chi connectivity index (χ2n) is 5.77. The average Bonchev–Trinajstić information content (AvgIpc) is 2.71. The molecule has 0 aromatic carbocycles. The van der Waals surface area contributed by atoms with Gasteiger partial charge in [-0.2, -0.15) is 0 Å². The number of amides is 1. The maximum absolute atomic E-state index is 12.0. The van der Waals surface area contributed by atoms with E-state index in [1.54, 1.807) is 6.92 Å². The van der Waals surface area contributed by atoms with Gasteiger partial charge in [-0.25, -0.2) is 4.79 Å². The maximum atomic E-state index is 12.0. The van der Waals surface area contributed by atoms with Crippen molar-refractivity contribution < 1.29 is 14.3 Å². The summed E-state index contributed by atoms with van der Waals surface area (Å²) in [5, 5.41) is 2.81. The zero-order valence-corrected chi connectivity index (χ0v) is 11.8. The van der Waals surface area contributed by atoms with E-state index in [1.807, 2.05) is 0 Å². The Balaban J connectivity index is 2.01. The van der Waals surface area contributed by atoms with Gasteiger partial charge in [0.05, 0.1) is 6.61 Å². The van der Waals surface area contributed by atoms with Gasteiger partial charge in [-0.15, -0.1) is 0 Å². The molecule has 1 saturated carbocycles. The highest BCUT2D eigenvalue weighted by Gasteiger charge is 2.42. The Morgan fingerprint density at radius 2 is 1.84 bits per heavy atom. The molecule has 0 aromatic rings. The molecule has 0 spiro atoms.